The van der Waals surface area contributed by atoms with Gasteiger partial charge in [-0.25, -0.2) is 0 Å². The van der Waals surface area contributed by atoms with Gasteiger partial charge >= 0.3 is 215 Å². The maximum absolute atomic E-state index is 5.98. The standard InChI is InChI=1S/2C15H13O2.2BrH.Ti/c2*1-16-14-8-7-12-11-6-4-3-5-10(11)9-13(12)15(14)17-2;;;/h2*3-9H,1-2H3;2*1H;/q;;;;+2/p-2. The van der Waals surface area contributed by atoms with Crippen LogP contribution in [0.4, 0.5) is 0 Å². The van der Waals surface area contributed by atoms with Crippen molar-refractivity contribution in [2.24, 2.45) is 0 Å². The van der Waals surface area contributed by atoms with Crippen molar-refractivity contribution in [3.8, 4) is 45.3 Å². The van der Waals surface area contributed by atoms with E-state index in [-0.39, 0.29) is 42.4 Å². The van der Waals surface area contributed by atoms with Crippen LogP contribution in [-0.4, -0.2) is 28.4 Å². The summed E-state index contributed by atoms with van der Waals surface area (Å²) in [5.74, 6) is 3.25. The summed E-state index contributed by atoms with van der Waals surface area (Å²) in [7, 11) is 6.90. The average Bonchev–Trinajstić information content (AvgIpc) is 3.40. The van der Waals surface area contributed by atoms with E-state index in [4.69, 9.17) is 18.9 Å². The molecule has 0 aliphatic heterocycles. The van der Waals surface area contributed by atoms with Crippen LogP contribution in [0.3, 0.4) is 0 Å². The minimum Gasteiger partial charge on any atom is -1.00 e. The Morgan fingerprint density at radius 1 is 0.486 bits per heavy atom. The van der Waals surface area contributed by atoms with Crippen LogP contribution in [0, 0.1) is 0 Å². The molecule has 0 saturated carbocycles. The molecule has 4 aromatic carbocycles. The smallest absolute Gasteiger partial charge is 1.00 e. The molecule has 188 valence electrons. The summed E-state index contributed by atoms with van der Waals surface area (Å²) >= 11 is -0.678. The van der Waals surface area contributed by atoms with Crippen molar-refractivity contribution in [1.82, 2.24) is 0 Å². The third kappa shape index (κ3) is 4.22. The first kappa shape index (κ1) is 27.8. The fourth-order valence-corrected chi connectivity index (χ4v) is 9.04. The molecule has 0 fully saturated rings. The molecule has 0 saturated heterocycles. The van der Waals surface area contributed by atoms with Gasteiger partial charge < -0.3 is 34.0 Å². The van der Waals surface area contributed by atoms with Crippen LogP contribution >= 0.6 is 0 Å². The van der Waals surface area contributed by atoms with Crippen LogP contribution < -0.4 is 52.9 Å². The molecular formula is C30H26Br2O4Ti. The van der Waals surface area contributed by atoms with Crippen molar-refractivity contribution in [2.45, 2.75) is 8.45 Å². The molecule has 4 nitrogen and oxygen atoms in total. The van der Waals surface area contributed by atoms with Gasteiger partial charge in [0.2, 0.25) is 0 Å². The van der Waals surface area contributed by atoms with E-state index < -0.39 is 19.2 Å². The fourth-order valence-electron chi connectivity index (χ4n) is 5.76. The minimum absolute atomic E-state index is 0. The monoisotopic (exact) mass is 656 g/mol. The summed E-state index contributed by atoms with van der Waals surface area (Å²) in [5.41, 5.74) is 10.3. The second-order valence-electron chi connectivity index (χ2n) is 8.73. The molecule has 2 aliphatic carbocycles. The summed E-state index contributed by atoms with van der Waals surface area (Å²) < 4.78 is 23.9. The van der Waals surface area contributed by atoms with Crippen molar-refractivity contribution in [3.63, 3.8) is 0 Å². The van der Waals surface area contributed by atoms with Gasteiger partial charge in [-0.1, -0.05) is 0 Å². The zero-order chi connectivity index (χ0) is 24.1. The largest absolute Gasteiger partial charge is 1.00 e. The molecule has 2 unspecified atom stereocenters. The predicted octanol–water partition coefficient (Wildman–Crippen LogP) is 0.651. The second-order valence-corrected chi connectivity index (χ2v) is 11.1. The quantitative estimate of drug-likeness (QED) is 0.286. The molecule has 0 heterocycles. The molecule has 0 spiro atoms. The van der Waals surface area contributed by atoms with E-state index in [1.165, 1.54) is 44.5 Å². The number of hydrogen-bond donors (Lipinski definition) is 0. The first-order valence-electron chi connectivity index (χ1n) is 11.7. The molecule has 0 bridgehead atoms. The fraction of sp³-hybridized carbons (Fsp3) is 0.200. The van der Waals surface area contributed by atoms with Gasteiger partial charge in [0, 0.05) is 0 Å². The number of hydrogen-bond acceptors (Lipinski definition) is 4. The summed E-state index contributed by atoms with van der Waals surface area (Å²) in [5, 5.41) is 0. The van der Waals surface area contributed by atoms with E-state index in [9.17, 15) is 0 Å². The van der Waals surface area contributed by atoms with Gasteiger partial charge in [-0.15, -0.1) is 0 Å². The zero-order valence-electron chi connectivity index (χ0n) is 21.0. The first-order valence-corrected chi connectivity index (χ1v) is 13.5. The third-order valence-electron chi connectivity index (χ3n) is 7.20. The third-order valence-corrected chi connectivity index (χ3v) is 10.1. The summed E-state index contributed by atoms with van der Waals surface area (Å²) in [6.07, 6.45) is 0. The Bertz CT molecular complexity index is 1350. The molecule has 7 heteroatoms. The Labute approximate surface area is 247 Å². The van der Waals surface area contributed by atoms with Gasteiger partial charge in [-0.2, -0.15) is 0 Å². The summed E-state index contributed by atoms with van der Waals surface area (Å²) in [6.45, 7) is 0. The van der Waals surface area contributed by atoms with Crippen LogP contribution in [0.5, 0.6) is 23.0 Å². The molecule has 6 rings (SSSR count). The Morgan fingerprint density at radius 2 is 0.892 bits per heavy atom. The topological polar surface area (TPSA) is 36.9 Å². The molecule has 0 N–H and O–H groups in total. The van der Waals surface area contributed by atoms with Gasteiger partial charge in [-0.3, -0.25) is 0 Å². The number of methoxy groups -OCH3 is 4. The van der Waals surface area contributed by atoms with Crippen molar-refractivity contribution >= 4 is 0 Å². The van der Waals surface area contributed by atoms with Gasteiger partial charge in [0.1, 0.15) is 0 Å². The Balaban J connectivity index is 0.00000160. The Morgan fingerprint density at radius 3 is 1.27 bits per heavy atom. The number of ether oxygens (including phenoxy) is 4. The van der Waals surface area contributed by atoms with Crippen molar-refractivity contribution < 1.29 is 72.1 Å². The zero-order valence-corrected chi connectivity index (χ0v) is 25.7. The molecule has 0 aromatic heterocycles. The van der Waals surface area contributed by atoms with Gasteiger partial charge in [0.25, 0.3) is 0 Å². The SMILES string of the molecule is COc1ccc2c(c1OC)[CH]([Ti+2][CH]1c3ccccc3-c3ccc(OC)c(OC)c31)c1ccccc1-2.[Br-].[Br-]. The minimum atomic E-state index is -0.678. The van der Waals surface area contributed by atoms with Gasteiger partial charge in [-0.05, 0) is 0 Å². The first-order chi connectivity index (χ1) is 17.2. The molecule has 0 radical (unpaired) electrons. The van der Waals surface area contributed by atoms with E-state index in [2.05, 4.69) is 60.7 Å². The maximum Gasteiger partial charge on any atom is -1.00 e. The van der Waals surface area contributed by atoms with E-state index in [1.54, 1.807) is 28.4 Å². The number of rotatable bonds is 6. The van der Waals surface area contributed by atoms with Gasteiger partial charge in [0.05, 0.1) is 0 Å². The van der Waals surface area contributed by atoms with Crippen molar-refractivity contribution in [1.29, 1.82) is 0 Å². The molecule has 2 atom stereocenters. The van der Waals surface area contributed by atoms with E-state index in [1.807, 2.05) is 12.1 Å². The van der Waals surface area contributed by atoms with Gasteiger partial charge in [0.15, 0.2) is 0 Å². The van der Waals surface area contributed by atoms with Crippen molar-refractivity contribution in [2.75, 3.05) is 28.4 Å². The molecule has 2 aliphatic rings. The van der Waals surface area contributed by atoms with E-state index in [0.29, 0.717) is 0 Å². The number of benzene rings is 4. The Hall–Kier alpha value is -2.25. The Kier molecular flexibility index (Phi) is 8.44. The van der Waals surface area contributed by atoms with Crippen molar-refractivity contribution in [3.05, 3.63) is 95.1 Å². The van der Waals surface area contributed by atoms with Crippen LogP contribution in [0.15, 0.2) is 72.8 Å². The maximum atomic E-state index is 5.98. The molecule has 4 aromatic rings. The normalized spacial score (nSPS) is 15.6. The average molecular weight is 658 g/mol. The van der Waals surface area contributed by atoms with E-state index >= 15 is 0 Å². The molecule has 0 amide bonds. The summed E-state index contributed by atoms with van der Waals surface area (Å²) in [4.78, 5) is 0. The van der Waals surface area contributed by atoms with Crippen LogP contribution in [0.2, 0.25) is 0 Å². The second kappa shape index (κ2) is 11.2. The predicted molar refractivity (Wildman–Crippen MR) is 134 cm³/mol. The van der Waals surface area contributed by atoms with Crippen LogP contribution in [-0.2, 0) is 19.2 Å². The number of fused-ring (bicyclic) bond motifs is 6. The van der Waals surface area contributed by atoms with E-state index in [0.717, 1.165) is 23.0 Å². The molecule has 37 heavy (non-hydrogen) atoms. The summed E-state index contributed by atoms with van der Waals surface area (Å²) in [6, 6.07) is 25.9. The number of halogens is 2. The van der Waals surface area contributed by atoms with Crippen LogP contribution in [0.1, 0.15) is 30.7 Å². The van der Waals surface area contributed by atoms with Crippen LogP contribution in [0.25, 0.3) is 22.3 Å². The molecular weight excluding hydrogens is 632 g/mol.